The number of hydrogen-bond acceptors (Lipinski definition) is 4. The van der Waals surface area contributed by atoms with Crippen molar-refractivity contribution in [1.29, 1.82) is 0 Å². The lowest BCUT2D eigenvalue weighted by atomic mass is 9.97. The molecule has 8 heteroatoms. The van der Waals surface area contributed by atoms with Crippen molar-refractivity contribution < 1.29 is 18.3 Å². The number of likely N-dealkylation sites (tertiary alicyclic amines) is 1. The molecule has 0 saturated carbocycles. The van der Waals surface area contributed by atoms with Crippen LogP contribution in [0.4, 0.5) is 13.2 Å². The highest BCUT2D eigenvalue weighted by Crippen LogP contribution is 2.40. The normalized spacial score (nSPS) is 22.7. The van der Waals surface area contributed by atoms with Gasteiger partial charge in [-0.2, -0.15) is 13.2 Å². The summed E-state index contributed by atoms with van der Waals surface area (Å²) in [5, 5.41) is 17.6. The predicted molar refractivity (Wildman–Crippen MR) is 76.2 cm³/mol. The molecule has 124 valence electrons. The minimum absolute atomic E-state index is 0.201. The van der Waals surface area contributed by atoms with E-state index in [0.29, 0.717) is 13.1 Å². The number of rotatable bonds is 3. The van der Waals surface area contributed by atoms with E-state index in [9.17, 15) is 18.3 Å². The molecule has 2 unspecified atom stereocenters. The van der Waals surface area contributed by atoms with E-state index in [1.54, 1.807) is 24.0 Å². The third-order valence-corrected chi connectivity index (χ3v) is 4.18. The van der Waals surface area contributed by atoms with Gasteiger partial charge in [-0.15, -0.1) is 5.10 Å². The van der Waals surface area contributed by atoms with Crippen LogP contribution in [0.3, 0.4) is 0 Å². The van der Waals surface area contributed by atoms with Gasteiger partial charge in [-0.1, -0.05) is 23.4 Å². The molecule has 0 radical (unpaired) electrons. The summed E-state index contributed by atoms with van der Waals surface area (Å²) in [6.45, 7) is 0.708. The second-order valence-corrected chi connectivity index (χ2v) is 5.77. The minimum atomic E-state index is -4.41. The van der Waals surface area contributed by atoms with Crippen LogP contribution >= 0.6 is 0 Å². The number of aryl methyl sites for hydroxylation is 1. The largest absolute Gasteiger partial charge is 0.416 e. The monoisotopic (exact) mass is 326 g/mol. The maximum absolute atomic E-state index is 13.3. The lowest BCUT2D eigenvalue weighted by molar-refractivity contribution is -0.138. The van der Waals surface area contributed by atoms with Crippen molar-refractivity contribution in [3.8, 4) is 0 Å². The van der Waals surface area contributed by atoms with Crippen LogP contribution in [0.1, 0.15) is 29.3 Å². The van der Waals surface area contributed by atoms with Crippen molar-refractivity contribution in [2.24, 2.45) is 7.05 Å². The van der Waals surface area contributed by atoms with Crippen LogP contribution in [0, 0.1) is 0 Å². The molecular formula is C15H17F3N4O. The van der Waals surface area contributed by atoms with Gasteiger partial charge in [-0.05, 0) is 18.1 Å². The summed E-state index contributed by atoms with van der Waals surface area (Å²) in [6, 6.07) is 5.06. The summed E-state index contributed by atoms with van der Waals surface area (Å²) in [6.07, 6.45) is -3.21. The molecule has 3 rings (SSSR count). The van der Waals surface area contributed by atoms with E-state index in [2.05, 4.69) is 10.3 Å². The fourth-order valence-corrected chi connectivity index (χ4v) is 3.09. The fraction of sp³-hybridized carbons (Fsp3) is 0.467. The maximum Gasteiger partial charge on any atom is 0.416 e. The minimum Gasteiger partial charge on any atom is -0.392 e. The molecule has 0 spiro atoms. The van der Waals surface area contributed by atoms with Gasteiger partial charge in [0.15, 0.2) is 0 Å². The third-order valence-electron chi connectivity index (χ3n) is 4.18. The first-order valence-electron chi connectivity index (χ1n) is 7.28. The molecule has 2 atom stereocenters. The molecule has 1 saturated heterocycles. The Labute approximate surface area is 131 Å². The van der Waals surface area contributed by atoms with Gasteiger partial charge in [0.2, 0.25) is 0 Å². The summed E-state index contributed by atoms with van der Waals surface area (Å²) in [4.78, 5) is 1.84. The van der Waals surface area contributed by atoms with Gasteiger partial charge in [0.1, 0.15) is 0 Å². The maximum atomic E-state index is 13.3. The fourth-order valence-electron chi connectivity index (χ4n) is 3.09. The Kier molecular flexibility index (Phi) is 4.11. The Bertz CT molecular complexity index is 685. The summed E-state index contributed by atoms with van der Waals surface area (Å²) < 4.78 is 41.4. The number of aliphatic hydroxyl groups is 1. The summed E-state index contributed by atoms with van der Waals surface area (Å²) >= 11 is 0. The zero-order valence-electron chi connectivity index (χ0n) is 12.5. The Hall–Kier alpha value is -1.93. The zero-order valence-corrected chi connectivity index (χ0v) is 12.5. The Morgan fingerprint density at radius 2 is 2.04 bits per heavy atom. The number of hydrogen-bond donors (Lipinski definition) is 1. The molecule has 1 aromatic heterocycles. The predicted octanol–water partition coefficient (Wildman–Crippen LogP) is 2.14. The smallest absolute Gasteiger partial charge is 0.392 e. The van der Waals surface area contributed by atoms with Gasteiger partial charge >= 0.3 is 6.18 Å². The van der Waals surface area contributed by atoms with Crippen molar-refractivity contribution in [3.05, 3.63) is 47.3 Å². The quantitative estimate of drug-likeness (QED) is 0.939. The molecule has 0 amide bonds. The van der Waals surface area contributed by atoms with Crippen molar-refractivity contribution in [2.75, 3.05) is 6.54 Å². The first kappa shape index (κ1) is 15.9. The van der Waals surface area contributed by atoms with Crippen LogP contribution < -0.4 is 0 Å². The molecule has 1 aromatic carbocycles. The second kappa shape index (κ2) is 5.93. The first-order valence-corrected chi connectivity index (χ1v) is 7.28. The first-order chi connectivity index (χ1) is 10.9. The number of halogens is 3. The third kappa shape index (κ3) is 3.23. The lowest BCUT2D eigenvalue weighted by Crippen LogP contribution is -2.27. The number of alkyl halides is 3. The van der Waals surface area contributed by atoms with E-state index < -0.39 is 23.9 Å². The van der Waals surface area contributed by atoms with E-state index in [1.807, 2.05) is 4.90 Å². The molecule has 23 heavy (non-hydrogen) atoms. The molecule has 1 aliphatic rings. The van der Waals surface area contributed by atoms with E-state index in [1.165, 1.54) is 12.1 Å². The van der Waals surface area contributed by atoms with E-state index in [-0.39, 0.29) is 12.0 Å². The average Bonchev–Trinajstić information content (AvgIpc) is 3.05. The highest BCUT2D eigenvalue weighted by Gasteiger charge is 2.39. The topological polar surface area (TPSA) is 54.2 Å². The van der Waals surface area contributed by atoms with Gasteiger partial charge in [0, 0.05) is 26.2 Å². The molecule has 2 aromatic rings. The lowest BCUT2D eigenvalue weighted by Gasteiger charge is -2.26. The average molecular weight is 326 g/mol. The molecule has 1 N–H and O–H groups in total. The molecule has 5 nitrogen and oxygen atoms in total. The molecular weight excluding hydrogens is 309 g/mol. The van der Waals surface area contributed by atoms with E-state index in [4.69, 9.17) is 0 Å². The molecule has 1 fully saturated rings. The van der Waals surface area contributed by atoms with Crippen LogP contribution in [0.15, 0.2) is 30.5 Å². The Morgan fingerprint density at radius 1 is 1.30 bits per heavy atom. The van der Waals surface area contributed by atoms with Crippen LogP contribution in [0.25, 0.3) is 0 Å². The SMILES string of the molecule is Cn1nncc1CN1CC(O)CC1c1ccccc1C(F)(F)F. The van der Waals surface area contributed by atoms with Crippen molar-refractivity contribution in [1.82, 2.24) is 19.9 Å². The van der Waals surface area contributed by atoms with E-state index in [0.717, 1.165) is 11.8 Å². The standard InChI is InChI=1S/C15H17F3N4O/c1-21-10(7-19-20-21)8-22-9-11(23)6-14(22)12-4-2-3-5-13(12)15(16,17)18/h2-5,7,11,14,23H,6,8-9H2,1H3. The summed E-state index contributed by atoms with van der Waals surface area (Å²) in [7, 11) is 1.73. The highest BCUT2D eigenvalue weighted by atomic mass is 19.4. The van der Waals surface area contributed by atoms with Crippen LogP contribution in [0.5, 0.6) is 0 Å². The number of aromatic nitrogens is 3. The summed E-state index contributed by atoms with van der Waals surface area (Å²) in [5.74, 6) is 0. The van der Waals surface area contributed by atoms with E-state index >= 15 is 0 Å². The highest BCUT2D eigenvalue weighted by molar-refractivity contribution is 5.33. The molecule has 0 aliphatic carbocycles. The molecule has 1 aliphatic heterocycles. The van der Waals surface area contributed by atoms with Crippen LogP contribution in [-0.4, -0.2) is 37.6 Å². The van der Waals surface area contributed by atoms with Crippen molar-refractivity contribution in [2.45, 2.75) is 31.3 Å². The number of β-amino-alcohol motifs (C(OH)–C–C–N with tert-alkyl or cyclic N) is 1. The molecule has 2 heterocycles. The number of nitrogens with zero attached hydrogens (tertiary/aromatic N) is 4. The number of aliphatic hydroxyl groups excluding tert-OH is 1. The second-order valence-electron chi connectivity index (χ2n) is 5.77. The van der Waals surface area contributed by atoms with Crippen molar-refractivity contribution in [3.63, 3.8) is 0 Å². The van der Waals surface area contributed by atoms with Gasteiger partial charge in [0.25, 0.3) is 0 Å². The van der Waals surface area contributed by atoms with Gasteiger partial charge in [-0.3, -0.25) is 9.58 Å². The summed E-state index contributed by atoms with van der Waals surface area (Å²) in [5.41, 5.74) is 0.340. The molecule has 0 bridgehead atoms. The Balaban J connectivity index is 1.93. The van der Waals surface area contributed by atoms with Gasteiger partial charge < -0.3 is 5.11 Å². The zero-order chi connectivity index (χ0) is 16.6. The van der Waals surface area contributed by atoms with Gasteiger partial charge in [-0.25, -0.2) is 0 Å². The van der Waals surface area contributed by atoms with Crippen molar-refractivity contribution >= 4 is 0 Å². The number of benzene rings is 1. The van der Waals surface area contributed by atoms with Gasteiger partial charge in [0.05, 0.1) is 23.6 Å². The van der Waals surface area contributed by atoms with Crippen LogP contribution in [-0.2, 0) is 19.8 Å². The Morgan fingerprint density at radius 3 is 2.70 bits per heavy atom. The van der Waals surface area contributed by atoms with Crippen LogP contribution in [0.2, 0.25) is 0 Å².